The van der Waals surface area contributed by atoms with Crippen LogP contribution in [0.3, 0.4) is 0 Å². The molecule has 1 aromatic rings. The Balaban J connectivity index is 2.21. The molecule has 2 heteroatoms. The molecule has 0 aliphatic heterocycles. The smallest absolute Gasteiger partial charge is 0.131 e. The van der Waals surface area contributed by atoms with E-state index in [1.165, 1.54) is 32.1 Å². The van der Waals surface area contributed by atoms with Gasteiger partial charge in [-0.2, -0.15) is 0 Å². The van der Waals surface area contributed by atoms with Gasteiger partial charge in [0.25, 0.3) is 0 Å². The van der Waals surface area contributed by atoms with Crippen LogP contribution in [0.4, 0.5) is 0 Å². The van der Waals surface area contributed by atoms with Gasteiger partial charge in [0.05, 0.1) is 0 Å². The molecule has 1 saturated carbocycles. The van der Waals surface area contributed by atoms with Gasteiger partial charge in [-0.05, 0) is 32.8 Å². The van der Waals surface area contributed by atoms with E-state index in [0.29, 0.717) is 5.92 Å². The Kier molecular flexibility index (Phi) is 2.80. The molecule has 0 spiro atoms. The summed E-state index contributed by atoms with van der Waals surface area (Å²) in [6.45, 7) is 4.11. The molecule has 0 bridgehead atoms. The highest BCUT2D eigenvalue weighted by atomic mass is 14.9. The van der Waals surface area contributed by atoms with Gasteiger partial charge < -0.3 is 0 Å². The lowest BCUT2D eigenvalue weighted by atomic mass is 9.88. The molecule has 0 unspecified atom stereocenters. The van der Waals surface area contributed by atoms with Crippen LogP contribution in [-0.4, -0.2) is 9.97 Å². The Hall–Kier alpha value is -0.920. The third kappa shape index (κ3) is 2.11. The highest BCUT2D eigenvalue weighted by Crippen LogP contribution is 2.30. The van der Waals surface area contributed by atoms with E-state index >= 15 is 0 Å². The molecule has 0 aromatic carbocycles. The van der Waals surface area contributed by atoms with E-state index in [-0.39, 0.29) is 0 Å². The highest BCUT2D eigenvalue weighted by Gasteiger charge is 2.18. The number of hydrogen-bond donors (Lipinski definition) is 0. The Labute approximate surface area is 85.8 Å². The third-order valence-corrected chi connectivity index (χ3v) is 2.97. The molecule has 2 nitrogen and oxygen atoms in total. The molecule has 2 rings (SSSR count). The van der Waals surface area contributed by atoms with Crippen LogP contribution in [-0.2, 0) is 0 Å². The quantitative estimate of drug-likeness (QED) is 0.680. The number of aromatic nitrogens is 2. The summed E-state index contributed by atoms with van der Waals surface area (Å²) in [4.78, 5) is 9.09. The zero-order chi connectivity index (χ0) is 9.97. The van der Waals surface area contributed by atoms with E-state index in [0.717, 1.165) is 17.2 Å². The largest absolute Gasteiger partial charge is 0.238 e. The van der Waals surface area contributed by atoms with Crippen molar-refractivity contribution in [1.29, 1.82) is 0 Å². The minimum Gasteiger partial charge on any atom is -0.238 e. The second kappa shape index (κ2) is 4.07. The van der Waals surface area contributed by atoms with E-state index < -0.39 is 0 Å². The minimum absolute atomic E-state index is 0.627. The standard InChI is InChI=1S/C12H18N2/c1-9-8-10(2)14-12(13-9)11-6-4-3-5-7-11/h8,11H,3-7H2,1-2H3. The molecule has 1 aliphatic carbocycles. The summed E-state index contributed by atoms with van der Waals surface area (Å²) >= 11 is 0. The molecular formula is C12H18N2. The molecule has 0 N–H and O–H groups in total. The average molecular weight is 190 g/mol. The van der Waals surface area contributed by atoms with Gasteiger partial charge in [0, 0.05) is 17.3 Å². The Bertz CT molecular complexity index is 294. The Morgan fingerprint density at radius 3 is 2.14 bits per heavy atom. The normalized spacial score (nSPS) is 18.4. The zero-order valence-electron chi connectivity index (χ0n) is 9.08. The molecule has 0 atom stereocenters. The average Bonchev–Trinajstić information content (AvgIpc) is 2.18. The lowest BCUT2D eigenvalue weighted by Crippen LogP contribution is -2.10. The van der Waals surface area contributed by atoms with Crippen molar-refractivity contribution >= 4 is 0 Å². The molecule has 1 heterocycles. The second-order valence-electron chi connectivity index (χ2n) is 4.34. The van der Waals surface area contributed by atoms with Crippen LogP contribution in [0.5, 0.6) is 0 Å². The minimum atomic E-state index is 0.627. The van der Waals surface area contributed by atoms with Crippen molar-refractivity contribution in [3.05, 3.63) is 23.3 Å². The van der Waals surface area contributed by atoms with E-state index in [4.69, 9.17) is 0 Å². The van der Waals surface area contributed by atoms with Crippen molar-refractivity contribution in [2.24, 2.45) is 0 Å². The van der Waals surface area contributed by atoms with Gasteiger partial charge in [-0.3, -0.25) is 0 Å². The second-order valence-corrected chi connectivity index (χ2v) is 4.34. The van der Waals surface area contributed by atoms with Gasteiger partial charge in [0.1, 0.15) is 5.82 Å². The molecular weight excluding hydrogens is 172 g/mol. The molecule has 14 heavy (non-hydrogen) atoms. The van der Waals surface area contributed by atoms with Crippen LogP contribution in [0.15, 0.2) is 6.07 Å². The number of nitrogens with zero attached hydrogens (tertiary/aromatic N) is 2. The molecule has 0 amide bonds. The molecule has 0 saturated heterocycles. The lowest BCUT2D eigenvalue weighted by molar-refractivity contribution is 0.427. The lowest BCUT2D eigenvalue weighted by Gasteiger charge is -2.20. The van der Waals surface area contributed by atoms with Crippen molar-refractivity contribution < 1.29 is 0 Å². The van der Waals surface area contributed by atoms with Gasteiger partial charge in [0.15, 0.2) is 0 Å². The van der Waals surface area contributed by atoms with Crippen molar-refractivity contribution in [2.75, 3.05) is 0 Å². The van der Waals surface area contributed by atoms with Crippen molar-refractivity contribution in [1.82, 2.24) is 9.97 Å². The van der Waals surface area contributed by atoms with E-state index in [2.05, 4.69) is 23.8 Å². The van der Waals surface area contributed by atoms with Crippen molar-refractivity contribution in [3.63, 3.8) is 0 Å². The molecule has 1 aromatic heterocycles. The van der Waals surface area contributed by atoms with Crippen LogP contribution in [0, 0.1) is 13.8 Å². The summed E-state index contributed by atoms with van der Waals surface area (Å²) in [5.74, 6) is 1.71. The van der Waals surface area contributed by atoms with Gasteiger partial charge in [-0.1, -0.05) is 19.3 Å². The highest BCUT2D eigenvalue weighted by molar-refractivity contribution is 5.11. The Morgan fingerprint density at radius 2 is 1.57 bits per heavy atom. The fourth-order valence-electron chi connectivity index (χ4n) is 2.30. The summed E-state index contributed by atoms with van der Waals surface area (Å²) in [6.07, 6.45) is 6.65. The SMILES string of the molecule is Cc1cc(C)nc(C2CCCCC2)n1. The predicted molar refractivity (Wildman–Crippen MR) is 57.3 cm³/mol. The van der Waals surface area contributed by atoms with Gasteiger partial charge in [0.2, 0.25) is 0 Å². The fraction of sp³-hybridized carbons (Fsp3) is 0.667. The Morgan fingerprint density at radius 1 is 1.00 bits per heavy atom. The zero-order valence-corrected chi connectivity index (χ0v) is 9.08. The van der Waals surface area contributed by atoms with Crippen molar-refractivity contribution in [2.45, 2.75) is 51.9 Å². The summed E-state index contributed by atoms with van der Waals surface area (Å²) in [5.41, 5.74) is 2.22. The van der Waals surface area contributed by atoms with E-state index in [9.17, 15) is 0 Å². The van der Waals surface area contributed by atoms with Crippen LogP contribution < -0.4 is 0 Å². The van der Waals surface area contributed by atoms with Crippen LogP contribution in [0.1, 0.15) is 55.2 Å². The first-order chi connectivity index (χ1) is 6.75. The first-order valence-electron chi connectivity index (χ1n) is 5.58. The third-order valence-electron chi connectivity index (χ3n) is 2.97. The molecule has 1 fully saturated rings. The summed E-state index contributed by atoms with van der Waals surface area (Å²) in [5, 5.41) is 0. The van der Waals surface area contributed by atoms with E-state index in [1.54, 1.807) is 0 Å². The van der Waals surface area contributed by atoms with Gasteiger partial charge >= 0.3 is 0 Å². The predicted octanol–water partition coefficient (Wildman–Crippen LogP) is 3.14. The van der Waals surface area contributed by atoms with Gasteiger partial charge in [-0.25, -0.2) is 9.97 Å². The number of aryl methyl sites for hydroxylation is 2. The molecule has 1 aliphatic rings. The molecule has 76 valence electrons. The number of hydrogen-bond acceptors (Lipinski definition) is 2. The van der Waals surface area contributed by atoms with Crippen molar-refractivity contribution in [3.8, 4) is 0 Å². The van der Waals surface area contributed by atoms with Crippen LogP contribution in [0.25, 0.3) is 0 Å². The van der Waals surface area contributed by atoms with Crippen LogP contribution in [0.2, 0.25) is 0 Å². The maximum Gasteiger partial charge on any atom is 0.131 e. The topological polar surface area (TPSA) is 25.8 Å². The summed E-state index contributed by atoms with van der Waals surface area (Å²) < 4.78 is 0. The van der Waals surface area contributed by atoms with E-state index in [1.807, 2.05) is 6.07 Å². The first kappa shape index (κ1) is 9.63. The first-order valence-corrected chi connectivity index (χ1v) is 5.58. The summed E-state index contributed by atoms with van der Waals surface area (Å²) in [6, 6.07) is 2.05. The molecule has 0 radical (unpaired) electrons. The van der Waals surface area contributed by atoms with Crippen LogP contribution >= 0.6 is 0 Å². The number of rotatable bonds is 1. The maximum atomic E-state index is 4.55. The fourth-order valence-corrected chi connectivity index (χ4v) is 2.30. The summed E-state index contributed by atoms with van der Waals surface area (Å²) in [7, 11) is 0. The van der Waals surface area contributed by atoms with Gasteiger partial charge in [-0.15, -0.1) is 0 Å². The monoisotopic (exact) mass is 190 g/mol. The maximum absolute atomic E-state index is 4.55.